The molecule has 0 bridgehead atoms. The molecule has 0 saturated heterocycles. The van der Waals surface area contributed by atoms with Gasteiger partial charge in [0, 0.05) is 21.2 Å². The highest BCUT2D eigenvalue weighted by atomic mass is 79.9. The zero-order chi connectivity index (χ0) is 21.9. The highest BCUT2D eigenvalue weighted by Gasteiger charge is 2.11. The van der Waals surface area contributed by atoms with Gasteiger partial charge in [-0.3, -0.25) is 0 Å². The van der Waals surface area contributed by atoms with E-state index in [9.17, 15) is 0 Å². The van der Waals surface area contributed by atoms with Crippen molar-refractivity contribution in [3.63, 3.8) is 0 Å². The van der Waals surface area contributed by atoms with E-state index < -0.39 is 0 Å². The topological polar surface area (TPSA) is 25.8 Å². The smallest absolute Gasteiger partial charge is 0.160 e. The summed E-state index contributed by atoms with van der Waals surface area (Å²) in [5.74, 6) is 0.684. The van der Waals surface area contributed by atoms with Gasteiger partial charge in [-0.2, -0.15) is 0 Å². The van der Waals surface area contributed by atoms with Gasteiger partial charge in [-0.15, -0.1) is 0 Å². The van der Waals surface area contributed by atoms with Gasteiger partial charge in [0.25, 0.3) is 0 Å². The third-order valence-corrected chi connectivity index (χ3v) is 5.72. The van der Waals surface area contributed by atoms with Crippen LogP contribution in [-0.2, 0) is 0 Å². The molecule has 0 aliphatic carbocycles. The molecule has 1 heterocycles. The van der Waals surface area contributed by atoms with Gasteiger partial charge in [-0.1, -0.05) is 118 Å². The number of aromatic nitrogens is 2. The summed E-state index contributed by atoms with van der Waals surface area (Å²) in [6.07, 6.45) is 0. The highest BCUT2D eigenvalue weighted by Crippen LogP contribution is 2.29. The maximum atomic E-state index is 6.09. The first-order chi connectivity index (χ1) is 15.7. The van der Waals surface area contributed by atoms with Crippen molar-refractivity contribution >= 4 is 29.2 Å². The number of nitrogens with zero attached hydrogens (tertiary/aromatic N) is 2. The molecule has 1 aromatic heterocycles. The van der Waals surface area contributed by atoms with Gasteiger partial charge in [-0.05, 0) is 23.3 Å². The lowest BCUT2D eigenvalue weighted by molar-refractivity contribution is 1.18. The Hall–Kier alpha value is -3.50. The average molecular weight is 473 g/mol. The number of halogens is 1. The van der Waals surface area contributed by atoms with Crippen LogP contribution in [0.1, 0.15) is 0 Å². The Morgan fingerprint density at radius 2 is 1.03 bits per heavy atom. The second-order valence-electron chi connectivity index (χ2n) is 7.54. The van der Waals surface area contributed by atoms with E-state index in [1.165, 1.54) is 11.1 Å². The predicted octanol–water partition coefficient (Wildman–Crippen LogP) is 6.70. The Bertz CT molecular complexity index is 1350. The molecule has 4 aromatic carbocycles. The number of hydrogen-bond acceptors (Lipinski definition) is 2. The summed E-state index contributed by atoms with van der Waals surface area (Å²) >= 11 is 3.54. The fourth-order valence-electron chi connectivity index (χ4n) is 3.68. The Balaban J connectivity index is 1.63. The van der Waals surface area contributed by atoms with Crippen LogP contribution >= 0.6 is 15.9 Å². The summed E-state index contributed by atoms with van der Waals surface area (Å²) < 4.78 is 0.918. The van der Waals surface area contributed by atoms with E-state index >= 15 is 0 Å². The molecule has 4 heteroatoms. The lowest BCUT2D eigenvalue weighted by Gasteiger charge is -2.11. The minimum atomic E-state index is 0.683. The summed E-state index contributed by atoms with van der Waals surface area (Å²) in [5.41, 5.74) is 7.69. The van der Waals surface area contributed by atoms with Crippen LogP contribution in [-0.4, -0.2) is 17.8 Å². The van der Waals surface area contributed by atoms with E-state index in [4.69, 9.17) is 17.8 Å². The molecular formula is C28H18BBrN2. The van der Waals surface area contributed by atoms with Crippen molar-refractivity contribution in [3.05, 3.63) is 114 Å². The van der Waals surface area contributed by atoms with Gasteiger partial charge in [0.2, 0.25) is 0 Å². The van der Waals surface area contributed by atoms with Crippen LogP contribution in [0.25, 0.3) is 45.0 Å². The van der Waals surface area contributed by atoms with Crippen LogP contribution < -0.4 is 5.46 Å². The van der Waals surface area contributed by atoms with Crippen molar-refractivity contribution in [2.24, 2.45) is 0 Å². The molecule has 32 heavy (non-hydrogen) atoms. The summed E-state index contributed by atoms with van der Waals surface area (Å²) in [6, 6.07) is 36.7. The molecule has 0 saturated carbocycles. The predicted molar refractivity (Wildman–Crippen MR) is 137 cm³/mol. The first-order valence-corrected chi connectivity index (χ1v) is 11.1. The Morgan fingerprint density at radius 1 is 0.500 bits per heavy atom. The average Bonchev–Trinajstić information content (AvgIpc) is 2.84. The molecule has 0 aliphatic rings. The molecule has 0 N–H and O–H groups in total. The number of rotatable bonds is 4. The third-order valence-electron chi connectivity index (χ3n) is 5.26. The fraction of sp³-hybridized carbons (Fsp3) is 0. The molecule has 0 fully saturated rings. The molecule has 150 valence electrons. The first kappa shape index (κ1) is 20.4. The second kappa shape index (κ2) is 8.93. The van der Waals surface area contributed by atoms with Crippen molar-refractivity contribution in [2.75, 3.05) is 0 Å². The number of benzene rings is 4. The minimum Gasteiger partial charge on any atom is -0.228 e. The van der Waals surface area contributed by atoms with E-state index in [-0.39, 0.29) is 0 Å². The molecule has 0 atom stereocenters. The normalized spacial score (nSPS) is 10.8. The van der Waals surface area contributed by atoms with Crippen molar-refractivity contribution in [2.45, 2.75) is 0 Å². The van der Waals surface area contributed by atoms with Gasteiger partial charge in [0.1, 0.15) is 7.85 Å². The van der Waals surface area contributed by atoms with E-state index in [1.807, 2.05) is 60.7 Å². The molecule has 0 spiro atoms. The first-order valence-electron chi connectivity index (χ1n) is 10.3. The van der Waals surface area contributed by atoms with E-state index in [0.717, 1.165) is 32.6 Å². The quantitative estimate of drug-likeness (QED) is 0.272. The fourth-order valence-corrected chi connectivity index (χ4v) is 4.19. The van der Waals surface area contributed by atoms with Crippen molar-refractivity contribution in [3.8, 4) is 45.0 Å². The molecule has 5 aromatic rings. The van der Waals surface area contributed by atoms with E-state index in [0.29, 0.717) is 11.3 Å². The summed E-state index contributed by atoms with van der Waals surface area (Å²) in [6.45, 7) is 0. The van der Waals surface area contributed by atoms with Crippen LogP contribution in [0, 0.1) is 0 Å². The highest BCUT2D eigenvalue weighted by molar-refractivity contribution is 9.10. The lowest BCUT2D eigenvalue weighted by atomic mass is 9.93. The maximum absolute atomic E-state index is 6.09. The summed E-state index contributed by atoms with van der Waals surface area (Å²) in [4.78, 5) is 9.75. The molecule has 0 unspecified atom stereocenters. The second-order valence-corrected chi connectivity index (χ2v) is 8.46. The van der Waals surface area contributed by atoms with Crippen LogP contribution in [0.2, 0.25) is 0 Å². The lowest BCUT2D eigenvalue weighted by Crippen LogP contribution is -2.03. The Morgan fingerprint density at radius 3 is 1.66 bits per heavy atom. The SMILES string of the molecule is [B]c1cc(Br)cc(-c2cc(-c3ccc(-c4ccccc4)cc3)nc(-c3ccccc3)n2)c1. The van der Waals surface area contributed by atoms with Gasteiger partial charge in [0.15, 0.2) is 5.82 Å². The Labute approximate surface area is 197 Å². The molecular weight excluding hydrogens is 455 g/mol. The van der Waals surface area contributed by atoms with Crippen molar-refractivity contribution in [1.82, 2.24) is 9.97 Å². The molecule has 5 rings (SSSR count). The van der Waals surface area contributed by atoms with E-state index in [2.05, 4.69) is 64.5 Å². The monoisotopic (exact) mass is 472 g/mol. The van der Waals surface area contributed by atoms with Crippen LogP contribution in [0.4, 0.5) is 0 Å². The van der Waals surface area contributed by atoms with E-state index in [1.54, 1.807) is 0 Å². The molecule has 2 radical (unpaired) electrons. The minimum absolute atomic E-state index is 0.683. The molecule has 0 amide bonds. The molecule has 2 nitrogen and oxygen atoms in total. The third kappa shape index (κ3) is 4.41. The summed E-state index contributed by atoms with van der Waals surface area (Å²) in [7, 11) is 6.09. The van der Waals surface area contributed by atoms with Gasteiger partial charge < -0.3 is 0 Å². The van der Waals surface area contributed by atoms with Gasteiger partial charge in [0.05, 0.1) is 11.4 Å². The van der Waals surface area contributed by atoms with Crippen LogP contribution in [0.15, 0.2) is 114 Å². The summed E-state index contributed by atoms with van der Waals surface area (Å²) in [5, 5.41) is 0. The van der Waals surface area contributed by atoms with Crippen molar-refractivity contribution in [1.29, 1.82) is 0 Å². The van der Waals surface area contributed by atoms with Crippen molar-refractivity contribution < 1.29 is 0 Å². The zero-order valence-corrected chi connectivity index (χ0v) is 18.8. The standard InChI is InChI=1S/C28H18BBrN2/c29-24-15-23(16-25(30)17-24)27-18-26(31-28(32-27)22-9-5-2-6-10-22)21-13-11-20(12-14-21)19-7-3-1-4-8-19/h1-18H. The Kier molecular flexibility index (Phi) is 5.70. The largest absolute Gasteiger partial charge is 0.228 e. The van der Waals surface area contributed by atoms with Gasteiger partial charge in [-0.25, -0.2) is 9.97 Å². The zero-order valence-electron chi connectivity index (χ0n) is 17.2. The number of hydrogen-bond donors (Lipinski definition) is 0. The maximum Gasteiger partial charge on any atom is 0.160 e. The van der Waals surface area contributed by atoms with Crippen LogP contribution in [0.5, 0.6) is 0 Å². The van der Waals surface area contributed by atoms with Gasteiger partial charge >= 0.3 is 0 Å². The van der Waals surface area contributed by atoms with Crippen LogP contribution in [0.3, 0.4) is 0 Å². The molecule has 0 aliphatic heterocycles.